The lowest BCUT2D eigenvalue weighted by atomic mass is 9.74. The topological polar surface area (TPSA) is 87.2 Å². The van der Waals surface area contributed by atoms with E-state index < -0.39 is 11.4 Å². The van der Waals surface area contributed by atoms with E-state index in [2.05, 4.69) is 0 Å². The summed E-state index contributed by atoms with van der Waals surface area (Å²) in [5.74, 6) is -1.32. The van der Waals surface area contributed by atoms with E-state index in [-0.39, 0.29) is 30.8 Å². The van der Waals surface area contributed by atoms with E-state index in [1.54, 1.807) is 4.90 Å². The smallest absolute Gasteiger partial charge is 0.311 e. The zero-order valence-electron chi connectivity index (χ0n) is 14.5. The van der Waals surface area contributed by atoms with Crippen LogP contribution in [0.4, 0.5) is 5.69 Å². The van der Waals surface area contributed by atoms with E-state index in [0.29, 0.717) is 39.0 Å². The maximum absolute atomic E-state index is 12.9. The molecule has 1 aromatic rings. The van der Waals surface area contributed by atoms with Crippen LogP contribution in [0.5, 0.6) is 0 Å². The van der Waals surface area contributed by atoms with Gasteiger partial charge in [-0.2, -0.15) is 0 Å². The average Bonchev–Trinajstić information content (AvgIpc) is 3.05. The number of nitrogens with zero attached hydrogens (tertiary/aromatic N) is 2. The van der Waals surface area contributed by atoms with Gasteiger partial charge in [0.1, 0.15) is 6.54 Å². The number of para-hydroxylation sites is 1. The quantitative estimate of drug-likeness (QED) is 0.868. The van der Waals surface area contributed by atoms with Gasteiger partial charge in [-0.1, -0.05) is 18.2 Å². The first-order valence-corrected chi connectivity index (χ1v) is 8.98. The minimum atomic E-state index is -0.919. The van der Waals surface area contributed by atoms with Crippen molar-refractivity contribution >= 4 is 23.5 Å². The minimum absolute atomic E-state index is 0.0425. The molecule has 1 aromatic carbocycles. The van der Waals surface area contributed by atoms with Gasteiger partial charge in [-0.15, -0.1) is 0 Å². The number of carbonyl (C=O) groups is 3. The Hall–Kier alpha value is -2.41. The molecule has 7 heteroatoms. The Morgan fingerprint density at radius 3 is 2.85 bits per heavy atom. The van der Waals surface area contributed by atoms with Gasteiger partial charge in [0.25, 0.3) is 0 Å². The third kappa shape index (κ3) is 2.67. The van der Waals surface area contributed by atoms with Crippen LogP contribution >= 0.6 is 0 Å². The normalized spacial score (nSPS) is 27.8. The van der Waals surface area contributed by atoms with E-state index in [1.807, 2.05) is 24.3 Å². The summed E-state index contributed by atoms with van der Waals surface area (Å²) in [6.07, 6.45) is 1.49. The first-order chi connectivity index (χ1) is 12.5. The predicted molar refractivity (Wildman–Crippen MR) is 92.7 cm³/mol. The van der Waals surface area contributed by atoms with Crippen molar-refractivity contribution in [1.29, 1.82) is 0 Å². The highest BCUT2D eigenvalue weighted by atomic mass is 16.5. The van der Waals surface area contributed by atoms with Crippen molar-refractivity contribution in [1.82, 2.24) is 4.90 Å². The molecule has 3 aliphatic rings. The molecule has 4 rings (SSSR count). The zero-order chi connectivity index (χ0) is 18.3. The molecule has 3 heterocycles. The summed E-state index contributed by atoms with van der Waals surface area (Å²) in [5, 5.41) is 9.73. The molecule has 0 bridgehead atoms. The van der Waals surface area contributed by atoms with Gasteiger partial charge in [-0.05, 0) is 24.5 Å². The highest BCUT2D eigenvalue weighted by Crippen LogP contribution is 2.42. The van der Waals surface area contributed by atoms with Gasteiger partial charge in [0, 0.05) is 37.7 Å². The molecule has 138 valence electrons. The lowest BCUT2D eigenvalue weighted by Crippen LogP contribution is -2.46. The third-order valence-electron chi connectivity index (χ3n) is 5.97. The molecule has 0 aliphatic carbocycles. The third-order valence-corrected chi connectivity index (χ3v) is 5.97. The number of amides is 2. The average molecular weight is 358 g/mol. The number of anilines is 1. The van der Waals surface area contributed by atoms with E-state index >= 15 is 0 Å². The van der Waals surface area contributed by atoms with Gasteiger partial charge in [0.2, 0.25) is 11.8 Å². The van der Waals surface area contributed by atoms with E-state index in [4.69, 9.17) is 4.74 Å². The Kier molecular flexibility index (Phi) is 4.19. The Bertz CT molecular complexity index is 764. The second-order valence-electron chi connectivity index (χ2n) is 7.37. The SMILES string of the molecule is O=C(CN1C(=O)CCc2ccccc21)N1C[C@H]2COCC[C@@]2(C(=O)O)C1. The lowest BCUT2D eigenvalue weighted by Gasteiger charge is -2.34. The van der Waals surface area contributed by atoms with E-state index in [0.717, 1.165) is 11.3 Å². The number of hydrogen-bond donors (Lipinski definition) is 1. The number of carbonyl (C=O) groups excluding carboxylic acids is 2. The summed E-state index contributed by atoms with van der Waals surface area (Å²) >= 11 is 0. The summed E-state index contributed by atoms with van der Waals surface area (Å²) < 4.78 is 5.43. The van der Waals surface area contributed by atoms with Crippen molar-refractivity contribution in [3.05, 3.63) is 29.8 Å². The van der Waals surface area contributed by atoms with Crippen molar-refractivity contribution in [2.75, 3.05) is 37.7 Å². The standard InChI is InChI=1S/C19H22N2O5/c22-16-6-5-13-3-1-2-4-15(13)21(16)10-17(23)20-9-14-11-26-8-7-19(14,12-20)18(24)25/h1-4,14H,5-12H2,(H,24,25)/t14-,19+/m0/s1. The van der Waals surface area contributed by atoms with Crippen LogP contribution in [0.2, 0.25) is 0 Å². The molecule has 0 spiro atoms. The first kappa shape index (κ1) is 17.0. The van der Waals surface area contributed by atoms with Crippen LogP contribution in [-0.4, -0.2) is 60.6 Å². The summed E-state index contributed by atoms with van der Waals surface area (Å²) in [6.45, 7) is 1.29. The fourth-order valence-electron chi connectivity index (χ4n) is 4.39. The van der Waals surface area contributed by atoms with Crippen molar-refractivity contribution in [3.63, 3.8) is 0 Å². The summed E-state index contributed by atoms with van der Waals surface area (Å²) in [5.41, 5.74) is 0.924. The van der Waals surface area contributed by atoms with Gasteiger partial charge < -0.3 is 19.6 Å². The van der Waals surface area contributed by atoms with Crippen molar-refractivity contribution in [2.45, 2.75) is 19.3 Å². The zero-order valence-corrected chi connectivity index (χ0v) is 14.5. The Balaban J connectivity index is 1.53. The summed E-state index contributed by atoms with van der Waals surface area (Å²) in [6, 6.07) is 7.61. The Labute approximate surface area is 151 Å². The van der Waals surface area contributed by atoms with Crippen LogP contribution in [-0.2, 0) is 25.5 Å². The number of benzene rings is 1. The second kappa shape index (κ2) is 6.39. The van der Waals surface area contributed by atoms with Crippen molar-refractivity contribution in [2.24, 2.45) is 11.3 Å². The molecule has 2 saturated heterocycles. The maximum Gasteiger partial charge on any atom is 0.311 e. The van der Waals surface area contributed by atoms with Crippen LogP contribution < -0.4 is 4.90 Å². The molecule has 0 saturated carbocycles. The van der Waals surface area contributed by atoms with Crippen molar-refractivity contribution in [3.8, 4) is 0 Å². The van der Waals surface area contributed by atoms with E-state index in [1.165, 1.54) is 4.90 Å². The molecule has 1 N–H and O–H groups in total. The molecular weight excluding hydrogens is 336 g/mol. The summed E-state index contributed by atoms with van der Waals surface area (Å²) in [4.78, 5) is 40.2. The Morgan fingerprint density at radius 1 is 1.27 bits per heavy atom. The van der Waals surface area contributed by atoms with Gasteiger partial charge in [0.15, 0.2) is 0 Å². The molecule has 3 aliphatic heterocycles. The number of aliphatic carboxylic acids is 1. The highest BCUT2D eigenvalue weighted by Gasteiger charge is 2.55. The number of likely N-dealkylation sites (tertiary alicyclic amines) is 1. The fourth-order valence-corrected chi connectivity index (χ4v) is 4.39. The number of ether oxygens (including phenoxy) is 1. The first-order valence-electron chi connectivity index (χ1n) is 8.98. The number of carboxylic acid groups (broad SMARTS) is 1. The number of aryl methyl sites for hydroxylation is 1. The predicted octanol–water partition coefficient (Wildman–Crippen LogP) is 0.915. The molecule has 0 aromatic heterocycles. The monoisotopic (exact) mass is 358 g/mol. The van der Waals surface area contributed by atoms with Gasteiger partial charge >= 0.3 is 5.97 Å². The van der Waals surface area contributed by atoms with Crippen LogP contribution in [0.15, 0.2) is 24.3 Å². The Morgan fingerprint density at radius 2 is 2.08 bits per heavy atom. The molecule has 0 unspecified atom stereocenters. The number of fused-ring (bicyclic) bond motifs is 2. The lowest BCUT2D eigenvalue weighted by molar-refractivity contribution is -0.157. The molecular formula is C19H22N2O5. The molecule has 2 amide bonds. The second-order valence-corrected chi connectivity index (χ2v) is 7.37. The highest BCUT2D eigenvalue weighted by molar-refractivity contribution is 6.01. The molecule has 0 radical (unpaired) electrons. The largest absolute Gasteiger partial charge is 0.481 e. The molecule has 7 nitrogen and oxygen atoms in total. The van der Waals surface area contributed by atoms with Crippen LogP contribution in [0.1, 0.15) is 18.4 Å². The van der Waals surface area contributed by atoms with Crippen LogP contribution in [0.25, 0.3) is 0 Å². The number of carboxylic acids is 1. The minimum Gasteiger partial charge on any atom is -0.481 e. The van der Waals surface area contributed by atoms with Gasteiger partial charge in [-0.3, -0.25) is 14.4 Å². The van der Waals surface area contributed by atoms with Crippen LogP contribution in [0, 0.1) is 11.3 Å². The molecule has 2 atom stereocenters. The fraction of sp³-hybridized carbons (Fsp3) is 0.526. The van der Waals surface area contributed by atoms with Crippen LogP contribution in [0.3, 0.4) is 0 Å². The molecule has 26 heavy (non-hydrogen) atoms. The summed E-state index contributed by atoms with van der Waals surface area (Å²) in [7, 11) is 0. The van der Waals surface area contributed by atoms with E-state index in [9.17, 15) is 19.5 Å². The molecule has 2 fully saturated rings. The van der Waals surface area contributed by atoms with Gasteiger partial charge in [0.05, 0.1) is 12.0 Å². The maximum atomic E-state index is 12.9. The number of rotatable bonds is 3. The number of hydrogen-bond acceptors (Lipinski definition) is 4. The van der Waals surface area contributed by atoms with Gasteiger partial charge in [-0.25, -0.2) is 0 Å². The van der Waals surface area contributed by atoms with Crippen molar-refractivity contribution < 1.29 is 24.2 Å².